The van der Waals surface area contributed by atoms with Crippen LogP contribution in [0.2, 0.25) is 0 Å². The summed E-state index contributed by atoms with van der Waals surface area (Å²) >= 11 is 0. The van der Waals surface area contributed by atoms with Crippen molar-refractivity contribution in [3.05, 3.63) is 73.8 Å². The van der Waals surface area contributed by atoms with Crippen molar-refractivity contribution in [2.45, 2.75) is 88.8 Å². The number of morpholine rings is 2. The van der Waals surface area contributed by atoms with Crippen LogP contribution >= 0.6 is 0 Å². The summed E-state index contributed by atoms with van der Waals surface area (Å²) < 4.78 is 67.1. The molecule has 24 nitrogen and oxygen atoms in total. The van der Waals surface area contributed by atoms with Crippen molar-refractivity contribution in [1.82, 2.24) is 67.8 Å². The summed E-state index contributed by atoms with van der Waals surface area (Å²) in [5, 5.41) is 25.8. The fourth-order valence-corrected chi connectivity index (χ4v) is 11.7. The molecule has 2 unspecified atom stereocenters. The molecule has 0 spiro atoms. The van der Waals surface area contributed by atoms with Crippen LogP contribution in [-0.2, 0) is 29.5 Å². The van der Waals surface area contributed by atoms with E-state index in [-0.39, 0.29) is 22.6 Å². The number of pyridine rings is 2. The third kappa shape index (κ3) is 9.97. The molecule has 0 bridgehead atoms. The van der Waals surface area contributed by atoms with Crippen molar-refractivity contribution in [3.63, 3.8) is 0 Å². The minimum Gasteiger partial charge on any atom is -0.378 e. The van der Waals surface area contributed by atoms with Crippen molar-refractivity contribution in [2.75, 3.05) is 73.0 Å². The summed E-state index contributed by atoms with van der Waals surface area (Å²) in [7, 11) is -6.89. The number of ether oxygens (including phenoxy) is 2. The number of hydrogen-bond acceptors (Lipinski definition) is 20. The van der Waals surface area contributed by atoms with Crippen LogP contribution in [0.5, 0.6) is 0 Å². The largest absolute Gasteiger partial charge is 0.378 e. The molecule has 388 valence electrons. The van der Waals surface area contributed by atoms with Crippen molar-refractivity contribution in [3.8, 4) is 22.8 Å². The number of hydrogen-bond donors (Lipinski definition) is 2. The highest BCUT2D eigenvalue weighted by atomic mass is 32.2. The molecule has 2 aliphatic heterocycles. The van der Waals surface area contributed by atoms with E-state index in [1.807, 2.05) is 24.5 Å². The summed E-state index contributed by atoms with van der Waals surface area (Å²) in [4.78, 5) is 31.6. The van der Waals surface area contributed by atoms with E-state index in [0.717, 1.165) is 80.6 Å². The van der Waals surface area contributed by atoms with Gasteiger partial charge in [0.05, 0.1) is 94.6 Å². The van der Waals surface area contributed by atoms with Gasteiger partial charge in [-0.05, 0) is 64.5 Å². The molecule has 10 heterocycles. The monoisotopic (exact) mass is 1050 g/mol. The lowest BCUT2D eigenvalue weighted by atomic mass is 10.2. The van der Waals surface area contributed by atoms with Crippen LogP contribution in [0.15, 0.2) is 73.8 Å². The normalized spacial score (nSPS) is 17.3. The van der Waals surface area contributed by atoms with E-state index in [9.17, 15) is 16.8 Å². The maximum atomic E-state index is 12.5. The van der Waals surface area contributed by atoms with Gasteiger partial charge in [0.15, 0.2) is 23.3 Å². The lowest BCUT2D eigenvalue weighted by molar-refractivity contribution is 0.122. The van der Waals surface area contributed by atoms with E-state index in [1.54, 1.807) is 24.5 Å². The molecule has 0 aromatic carbocycles. The fraction of sp³-hybridized carbons (Fsp3) is 0.458. The van der Waals surface area contributed by atoms with Crippen LogP contribution in [-0.4, -0.2) is 148 Å². The lowest BCUT2D eigenvalue weighted by Gasteiger charge is -2.27. The van der Waals surface area contributed by atoms with Crippen molar-refractivity contribution in [1.29, 1.82) is 0 Å². The van der Waals surface area contributed by atoms with E-state index < -0.39 is 20.0 Å². The summed E-state index contributed by atoms with van der Waals surface area (Å²) in [6.45, 7) is 14.6. The highest BCUT2D eigenvalue weighted by molar-refractivity contribution is 7.91. The van der Waals surface area contributed by atoms with Gasteiger partial charge in [-0.1, -0.05) is 13.8 Å². The maximum Gasteiger partial charge on any atom is 0.256 e. The van der Waals surface area contributed by atoms with Gasteiger partial charge in [-0.15, -0.1) is 0 Å². The molecule has 4 fully saturated rings. The Morgan fingerprint density at radius 2 is 0.986 bits per heavy atom. The van der Waals surface area contributed by atoms with Crippen molar-refractivity contribution >= 4 is 76.8 Å². The van der Waals surface area contributed by atoms with Crippen LogP contribution in [0, 0.1) is 0 Å². The Labute approximate surface area is 427 Å². The Morgan fingerprint density at radius 3 is 1.36 bits per heavy atom. The molecule has 0 amide bonds. The van der Waals surface area contributed by atoms with Gasteiger partial charge in [0.25, 0.3) is 20.0 Å². The summed E-state index contributed by atoms with van der Waals surface area (Å²) in [6.07, 6.45) is 17.4. The van der Waals surface area contributed by atoms with E-state index >= 15 is 0 Å². The van der Waals surface area contributed by atoms with Crippen LogP contribution in [0.3, 0.4) is 0 Å². The van der Waals surface area contributed by atoms with Gasteiger partial charge in [0.1, 0.15) is 23.3 Å². The number of fused-ring (bicyclic) bond motifs is 2. The third-order valence-corrected chi connectivity index (χ3v) is 17.7. The first-order chi connectivity index (χ1) is 35.9. The first-order valence-electron chi connectivity index (χ1n) is 25.1. The predicted molar refractivity (Wildman–Crippen MR) is 279 cm³/mol. The minimum atomic E-state index is -3.45. The smallest absolute Gasteiger partial charge is 0.256 e. The summed E-state index contributed by atoms with van der Waals surface area (Å²) in [6, 6.07) is 7.90. The number of aromatic nitrogens is 14. The van der Waals surface area contributed by atoms with E-state index in [0.29, 0.717) is 98.2 Å². The van der Waals surface area contributed by atoms with Gasteiger partial charge in [-0.25, -0.2) is 46.7 Å². The Bertz CT molecular complexity index is 3310. The molecule has 2 N–H and O–H groups in total. The van der Waals surface area contributed by atoms with Crippen LogP contribution in [0.1, 0.15) is 78.3 Å². The Kier molecular flexibility index (Phi) is 13.4. The Morgan fingerprint density at radius 1 is 0.581 bits per heavy atom. The zero-order valence-electron chi connectivity index (χ0n) is 41.6. The van der Waals surface area contributed by atoms with Gasteiger partial charge >= 0.3 is 0 Å². The second-order valence-corrected chi connectivity index (χ2v) is 23.0. The maximum absolute atomic E-state index is 12.5. The Hall–Kier alpha value is -7.16. The van der Waals surface area contributed by atoms with Crippen molar-refractivity contribution < 1.29 is 26.3 Å². The third-order valence-electron chi connectivity index (χ3n) is 13.7. The Balaban J connectivity index is 0.000000159. The van der Waals surface area contributed by atoms with Crippen LogP contribution < -0.4 is 20.4 Å². The SMILES string of the molecule is CCC(C)n1nc(N2CCOCC2)c2cnc(Nc3ccnc(-c4cnn(S(=O)(=O)C5CC5)c4)n3)cc21.CCC(C)n1nc(N2CCOCC2)c2cnc(Nc3ccnc(-c4cnn(S(=O)(=O)C5CC5)c4)n3)cc21. The topological polar surface area (TPSA) is 266 Å². The number of nitrogens with one attached hydrogen (secondary N) is 2. The van der Waals surface area contributed by atoms with E-state index in [4.69, 9.17) is 19.7 Å². The van der Waals surface area contributed by atoms with Gasteiger partial charge in [-0.2, -0.15) is 28.6 Å². The van der Waals surface area contributed by atoms with E-state index in [2.05, 4.69) is 97.6 Å². The lowest BCUT2D eigenvalue weighted by Crippen LogP contribution is -2.36. The molecule has 2 aliphatic carbocycles. The first kappa shape index (κ1) is 49.1. The standard InChI is InChI=1S/2C24H29N9O3S/c2*1-3-16(2)33-20-12-22(26-14-19(20)24(30-33)31-8-10-36-11-9-31)28-21-6-7-25-23(29-21)17-13-27-32(15-17)37(34,35)18-4-5-18/h2*6-7,12-16,18H,3-5,8-11H2,1-2H3,(H,25,26,28,29). The van der Waals surface area contributed by atoms with Crippen LogP contribution in [0.4, 0.5) is 34.9 Å². The highest BCUT2D eigenvalue weighted by Gasteiger charge is 2.39. The number of anilines is 6. The second kappa shape index (κ2) is 20.3. The molecule has 0 radical (unpaired) electrons. The van der Waals surface area contributed by atoms with Gasteiger partial charge in [0.2, 0.25) is 0 Å². The molecule has 4 aliphatic rings. The fourth-order valence-electron chi connectivity index (χ4n) is 8.76. The molecular formula is C48H58N18O6S2. The molecule has 2 atom stereocenters. The van der Waals surface area contributed by atoms with Crippen molar-refractivity contribution in [2.24, 2.45) is 0 Å². The zero-order chi connectivity index (χ0) is 51.1. The second-order valence-electron chi connectivity index (χ2n) is 18.9. The van der Waals surface area contributed by atoms with Gasteiger partial charge in [-0.3, -0.25) is 9.36 Å². The molecule has 8 aromatic heterocycles. The average Bonchev–Trinajstić information content (AvgIpc) is 4.28. The van der Waals surface area contributed by atoms with Gasteiger partial charge in [0, 0.05) is 75.2 Å². The highest BCUT2D eigenvalue weighted by Crippen LogP contribution is 2.35. The molecule has 2 saturated carbocycles. The van der Waals surface area contributed by atoms with Gasteiger partial charge < -0.3 is 29.9 Å². The zero-order valence-corrected chi connectivity index (χ0v) is 43.2. The van der Waals surface area contributed by atoms with E-state index in [1.165, 1.54) is 24.8 Å². The quantitative estimate of drug-likeness (QED) is 0.113. The first-order valence-corrected chi connectivity index (χ1v) is 28.1. The molecule has 12 rings (SSSR count). The summed E-state index contributed by atoms with van der Waals surface area (Å²) in [5.74, 6) is 4.95. The molecule has 2 saturated heterocycles. The molecule has 8 aromatic rings. The number of nitrogens with zero attached hydrogens (tertiary/aromatic N) is 16. The average molecular weight is 1050 g/mol. The van der Waals surface area contributed by atoms with Crippen LogP contribution in [0.25, 0.3) is 44.6 Å². The predicted octanol–water partition coefficient (Wildman–Crippen LogP) is 5.95. The molecule has 74 heavy (non-hydrogen) atoms. The number of rotatable bonds is 16. The summed E-state index contributed by atoms with van der Waals surface area (Å²) in [5.41, 5.74) is 3.05. The minimum absolute atomic E-state index is 0.224. The molecule has 26 heteroatoms. The molecular weight excluding hydrogens is 989 g/mol.